The van der Waals surface area contributed by atoms with Gasteiger partial charge in [-0.3, -0.25) is 9.79 Å². The van der Waals surface area contributed by atoms with E-state index < -0.39 is 11.7 Å². The van der Waals surface area contributed by atoms with Crippen molar-refractivity contribution in [3.05, 3.63) is 69.8 Å². The third-order valence-corrected chi connectivity index (χ3v) is 8.15. The Bertz CT molecular complexity index is 1630. The molecule has 3 heterocycles. The number of anilines is 1. The number of benzene rings is 2. The van der Waals surface area contributed by atoms with Gasteiger partial charge in [-0.2, -0.15) is 9.78 Å². The lowest BCUT2D eigenvalue weighted by atomic mass is 10.2. The van der Waals surface area contributed by atoms with Crippen LogP contribution in [0.4, 0.5) is 10.2 Å². The van der Waals surface area contributed by atoms with E-state index in [-0.39, 0.29) is 29.0 Å². The van der Waals surface area contributed by atoms with E-state index in [1.54, 1.807) is 36.0 Å². The Labute approximate surface area is 245 Å². The SMILES string of the molecule is COc1cc(/C=N\NC(=O)c2nnn(-c3nonc3N)c2CSC2=NCCS2)ccc1OCc1ccc(F)cc1Cl. The highest BCUT2D eigenvalue weighted by atomic mass is 35.5. The molecule has 2 aromatic carbocycles. The number of thioether (sulfide) groups is 2. The highest BCUT2D eigenvalue weighted by molar-refractivity contribution is 8.38. The topological polar surface area (TPSA) is 168 Å². The molecule has 5 rings (SSSR count). The summed E-state index contributed by atoms with van der Waals surface area (Å²) in [6, 6.07) is 9.16. The number of nitrogen functional groups attached to an aromatic ring is 1. The summed E-state index contributed by atoms with van der Waals surface area (Å²) in [5.41, 5.74) is 9.98. The molecule has 4 aromatic rings. The summed E-state index contributed by atoms with van der Waals surface area (Å²) >= 11 is 9.15. The minimum atomic E-state index is -0.595. The second-order valence-corrected chi connectivity index (χ2v) is 10.9. The van der Waals surface area contributed by atoms with Gasteiger partial charge in [0.25, 0.3) is 5.91 Å². The zero-order valence-corrected chi connectivity index (χ0v) is 23.7. The first-order valence-corrected chi connectivity index (χ1v) is 14.2. The highest BCUT2D eigenvalue weighted by Crippen LogP contribution is 2.30. The van der Waals surface area contributed by atoms with Crippen LogP contribution < -0.4 is 20.6 Å². The maximum absolute atomic E-state index is 13.3. The van der Waals surface area contributed by atoms with E-state index in [9.17, 15) is 9.18 Å². The van der Waals surface area contributed by atoms with Crippen LogP contribution in [-0.4, -0.2) is 61.2 Å². The van der Waals surface area contributed by atoms with Gasteiger partial charge in [0.15, 0.2) is 17.2 Å². The van der Waals surface area contributed by atoms with Gasteiger partial charge in [-0.05, 0) is 46.2 Å². The summed E-state index contributed by atoms with van der Waals surface area (Å²) in [6.45, 7) is 0.857. The van der Waals surface area contributed by atoms with Crippen molar-refractivity contribution in [2.75, 3.05) is 25.1 Å². The molecule has 0 saturated carbocycles. The number of hydrazone groups is 1. The number of rotatable bonds is 10. The van der Waals surface area contributed by atoms with E-state index in [0.717, 1.165) is 16.7 Å². The van der Waals surface area contributed by atoms with Gasteiger partial charge in [-0.1, -0.05) is 46.4 Å². The molecule has 0 fully saturated rings. The average molecular weight is 618 g/mol. The largest absolute Gasteiger partial charge is 0.493 e. The van der Waals surface area contributed by atoms with Crippen LogP contribution in [0, 0.1) is 5.82 Å². The smallest absolute Gasteiger partial charge is 0.293 e. The molecule has 2 aromatic heterocycles. The van der Waals surface area contributed by atoms with E-state index in [0.29, 0.717) is 34.1 Å². The molecule has 17 heteroatoms. The van der Waals surface area contributed by atoms with Crippen LogP contribution in [0.25, 0.3) is 5.82 Å². The number of hydrogen-bond acceptors (Lipinski definition) is 13. The Hall–Kier alpha value is -4.15. The van der Waals surface area contributed by atoms with Gasteiger partial charge in [0, 0.05) is 17.1 Å². The fraction of sp³-hybridized carbons (Fsp3) is 0.208. The minimum absolute atomic E-state index is 0.000785. The maximum Gasteiger partial charge on any atom is 0.293 e. The Kier molecular flexibility index (Phi) is 9.01. The van der Waals surface area contributed by atoms with Gasteiger partial charge in [-0.25, -0.2) is 14.4 Å². The van der Waals surface area contributed by atoms with Crippen molar-refractivity contribution in [1.29, 1.82) is 0 Å². The summed E-state index contributed by atoms with van der Waals surface area (Å²) in [4.78, 5) is 17.4. The van der Waals surface area contributed by atoms with Crippen LogP contribution in [0.3, 0.4) is 0 Å². The monoisotopic (exact) mass is 617 g/mol. The number of nitrogens with zero attached hydrogens (tertiary/aromatic N) is 7. The summed E-state index contributed by atoms with van der Waals surface area (Å²) in [7, 11) is 1.49. The first-order chi connectivity index (χ1) is 19.9. The number of aromatic nitrogens is 5. The van der Waals surface area contributed by atoms with Gasteiger partial charge in [0.2, 0.25) is 11.6 Å². The molecule has 0 aliphatic carbocycles. The van der Waals surface area contributed by atoms with E-state index in [2.05, 4.69) is 40.8 Å². The number of hydrogen-bond donors (Lipinski definition) is 2. The molecule has 0 bridgehead atoms. The predicted octanol–water partition coefficient (Wildman–Crippen LogP) is 3.71. The summed E-state index contributed by atoms with van der Waals surface area (Å²) < 4.78 is 31.4. The van der Waals surface area contributed by atoms with Crippen molar-refractivity contribution < 1.29 is 23.3 Å². The van der Waals surface area contributed by atoms with Crippen molar-refractivity contribution in [3.63, 3.8) is 0 Å². The molecule has 0 radical (unpaired) electrons. The van der Waals surface area contributed by atoms with Gasteiger partial charge >= 0.3 is 0 Å². The molecule has 1 aliphatic rings. The van der Waals surface area contributed by atoms with Crippen LogP contribution in [-0.2, 0) is 12.4 Å². The molecule has 0 unspecified atom stereocenters. The van der Waals surface area contributed by atoms with E-state index in [1.165, 1.54) is 41.9 Å². The standard InChI is InChI=1S/C24H21ClFN9O4S2/c1-37-19-8-13(2-5-18(19)38-11-14-3-4-15(26)9-16(14)25)10-29-31-23(36)20-17(12-41-24-28-6-7-40-24)35(34-30-20)22-21(27)32-39-33-22/h2-5,8-10H,6-7,11-12H2,1H3,(H2,27,32)(H,31,36)/b29-10-. The highest BCUT2D eigenvalue weighted by Gasteiger charge is 2.25. The Morgan fingerprint density at radius 3 is 2.93 bits per heavy atom. The quantitative estimate of drug-likeness (QED) is 0.196. The molecule has 1 aliphatic heterocycles. The van der Waals surface area contributed by atoms with Gasteiger partial charge in [-0.15, -0.1) is 5.10 Å². The van der Waals surface area contributed by atoms with E-state index >= 15 is 0 Å². The zero-order chi connectivity index (χ0) is 28.8. The van der Waals surface area contributed by atoms with Crippen LogP contribution >= 0.6 is 35.1 Å². The lowest BCUT2D eigenvalue weighted by Gasteiger charge is -2.12. The van der Waals surface area contributed by atoms with Crippen molar-refractivity contribution in [3.8, 4) is 17.3 Å². The molecular weight excluding hydrogens is 597 g/mol. The van der Waals surface area contributed by atoms with Crippen molar-refractivity contribution >= 4 is 57.4 Å². The fourth-order valence-electron chi connectivity index (χ4n) is 3.54. The molecular formula is C24H21ClFN9O4S2. The fourth-order valence-corrected chi connectivity index (χ4v) is 5.77. The predicted molar refractivity (Wildman–Crippen MR) is 153 cm³/mol. The number of carbonyl (C=O) groups excluding carboxylic acids is 1. The second-order valence-electron chi connectivity index (χ2n) is 8.19. The average Bonchev–Trinajstić information content (AvgIpc) is 3.73. The lowest BCUT2D eigenvalue weighted by Crippen LogP contribution is -2.20. The van der Waals surface area contributed by atoms with Crippen molar-refractivity contribution in [2.45, 2.75) is 12.4 Å². The summed E-state index contributed by atoms with van der Waals surface area (Å²) in [5, 5.41) is 19.7. The number of nitrogens with two attached hydrogens (primary N) is 1. The molecule has 41 heavy (non-hydrogen) atoms. The molecule has 1 amide bonds. The molecule has 3 N–H and O–H groups in total. The first-order valence-electron chi connectivity index (χ1n) is 11.8. The normalized spacial score (nSPS) is 13.0. The molecule has 212 valence electrons. The number of nitrogens with one attached hydrogen (secondary N) is 1. The maximum atomic E-state index is 13.3. The number of amides is 1. The van der Waals surface area contributed by atoms with Gasteiger partial charge in [0.05, 0.1) is 30.6 Å². The number of aliphatic imine (C=N–C) groups is 1. The summed E-state index contributed by atoms with van der Waals surface area (Å²) in [6.07, 6.45) is 1.43. The Morgan fingerprint density at radius 2 is 2.20 bits per heavy atom. The number of halogens is 2. The van der Waals surface area contributed by atoms with Crippen molar-refractivity contribution in [1.82, 2.24) is 30.7 Å². The summed E-state index contributed by atoms with van der Waals surface area (Å²) in [5.74, 6) is 1.19. The Morgan fingerprint density at radius 1 is 1.32 bits per heavy atom. The molecule has 0 saturated heterocycles. The molecule has 0 spiro atoms. The lowest BCUT2D eigenvalue weighted by molar-refractivity contribution is 0.0949. The van der Waals surface area contributed by atoms with Crippen LogP contribution in [0.1, 0.15) is 27.3 Å². The van der Waals surface area contributed by atoms with Crippen molar-refractivity contribution in [2.24, 2.45) is 10.1 Å². The third kappa shape index (κ3) is 6.78. The van der Waals surface area contributed by atoms with Crippen LogP contribution in [0.2, 0.25) is 5.02 Å². The Balaban J connectivity index is 1.27. The van der Waals surface area contributed by atoms with Gasteiger partial charge in [0.1, 0.15) is 16.8 Å². The van der Waals surface area contributed by atoms with Gasteiger partial charge < -0.3 is 15.2 Å². The van der Waals surface area contributed by atoms with E-state index in [1.807, 2.05) is 0 Å². The minimum Gasteiger partial charge on any atom is -0.493 e. The van der Waals surface area contributed by atoms with E-state index in [4.69, 9.17) is 26.8 Å². The first kappa shape index (κ1) is 28.4. The third-order valence-electron chi connectivity index (χ3n) is 5.53. The zero-order valence-electron chi connectivity index (χ0n) is 21.3. The number of ether oxygens (including phenoxy) is 2. The van der Waals surface area contributed by atoms with Crippen LogP contribution in [0.15, 0.2) is 51.1 Å². The van der Waals surface area contributed by atoms with Crippen LogP contribution in [0.5, 0.6) is 11.5 Å². The molecule has 13 nitrogen and oxygen atoms in total. The number of methoxy groups -OCH3 is 1. The second kappa shape index (κ2) is 13.0. The molecule has 0 atom stereocenters. The number of carbonyl (C=O) groups is 1.